The molecule has 0 aliphatic carbocycles. The number of nitrogens with zero attached hydrogens (tertiary/aromatic N) is 1. The molecule has 0 radical (unpaired) electrons. The molecular formula is C21H23N3O5S2. The van der Waals surface area contributed by atoms with Gasteiger partial charge in [0, 0.05) is 23.6 Å². The minimum Gasteiger partial charge on any atom is -0.361 e. The number of benzene rings is 2. The third-order valence-electron chi connectivity index (χ3n) is 5.40. The number of aryl methyl sites for hydroxylation is 1. The number of aromatic amines is 1. The molecule has 10 heteroatoms. The molecule has 0 bridgehead atoms. The second kappa shape index (κ2) is 7.77. The smallest absolute Gasteiger partial charge is 0.244 e. The Kier molecular flexibility index (Phi) is 5.40. The summed E-state index contributed by atoms with van der Waals surface area (Å²) in [5.74, 6) is -1.38. The van der Waals surface area contributed by atoms with Gasteiger partial charge in [0.1, 0.15) is 0 Å². The van der Waals surface area contributed by atoms with Crippen molar-refractivity contribution in [3.63, 3.8) is 0 Å². The number of carbonyl (C=O) groups is 1. The molecule has 8 nitrogen and oxygen atoms in total. The van der Waals surface area contributed by atoms with E-state index in [2.05, 4.69) is 9.71 Å². The molecule has 2 N–H and O–H groups in total. The van der Waals surface area contributed by atoms with E-state index in [0.717, 1.165) is 20.8 Å². The highest BCUT2D eigenvalue weighted by atomic mass is 32.2. The number of H-pyrrole nitrogens is 1. The molecule has 31 heavy (non-hydrogen) atoms. The number of carbonyl (C=O) groups excluding carboxylic acids is 1. The minimum absolute atomic E-state index is 0.0484. The van der Waals surface area contributed by atoms with Gasteiger partial charge >= 0.3 is 0 Å². The average Bonchev–Trinajstić information content (AvgIpc) is 3.19. The van der Waals surface area contributed by atoms with E-state index in [1.165, 1.54) is 18.2 Å². The van der Waals surface area contributed by atoms with E-state index in [-0.39, 0.29) is 22.9 Å². The molecular weight excluding hydrogens is 438 g/mol. The summed E-state index contributed by atoms with van der Waals surface area (Å²) >= 11 is 0. The van der Waals surface area contributed by atoms with Gasteiger partial charge in [-0.1, -0.05) is 25.1 Å². The summed E-state index contributed by atoms with van der Waals surface area (Å²) in [6.07, 6.45) is 2.38. The van der Waals surface area contributed by atoms with Gasteiger partial charge in [0.05, 0.1) is 22.3 Å². The molecule has 2 heterocycles. The molecule has 0 saturated carbocycles. The molecule has 164 valence electrons. The number of fused-ring (bicyclic) bond motifs is 1. The summed E-state index contributed by atoms with van der Waals surface area (Å²) in [5.41, 5.74) is 2.52. The van der Waals surface area contributed by atoms with Crippen molar-refractivity contribution in [3.05, 3.63) is 59.8 Å². The van der Waals surface area contributed by atoms with Crippen LogP contribution in [0.1, 0.15) is 18.1 Å². The highest BCUT2D eigenvalue weighted by Gasteiger charge is 2.42. The number of para-hydroxylation sites is 1. The van der Waals surface area contributed by atoms with Gasteiger partial charge in [0.2, 0.25) is 26.0 Å². The van der Waals surface area contributed by atoms with E-state index >= 15 is 0 Å². The molecule has 1 unspecified atom stereocenters. The molecule has 1 aliphatic heterocycles. The zero-order valence-corrected chi connectivity index (χ0v) is 18.8. The highest BCUT2D eigenvalue weighted by Crippen LogP contribution is 2.30. The van der Waals surface area contributed by atoms with Gasteiger partial charge in [-0.25, -0.2) is 25.9 Å². The van der Waals surface area contributed by atoms with Gasteiger partial charge in [-0.15, -0.1) is 0 Å². The minimum atomic E-state index is -3.80. The first-order valence-corrected chi connectivity index (χ1v) is 12.9. The number of hydrogen-bond acceptors (Lipinski definition) is 5. The van der Waals surface area contributed by atoms with Gasteiger partial charge < -0.3 is 4.98 Å². The van der Waals surface area contributed by atoms with Gasteiger partial charge in [-0.05, 0) is 48.7 Å². The van der Waals surface area contributed by atoms with Crippen molar-refractivity contribution < 1.29 is 21.6 Å². The molecule has 1 aliphatic rings. The number of anilines is 1. The number of rotatable bonds is 6. The number of nitrogens with one attached hydrogen (secondary N) is 2. The van der Waals surface area contributed by atoms with Crippen molar-refractivity contribution in [2.45, 2.75) is 25.2 Å². The quantitative estimate of drug-likeness (QED) is 0.584. The van der Waals surface area contributed by atoms with Crippen molar-refractivity contribution in [3.8, 4) is 0 Å². The van der Waals surface area contributed by atoms with Gasteiger partial charge in [0.25, 0.3) is 0 Å². The third-order valence-corrected chi connectivity index (χ3v) is 8.89. The average molecular weight is 462 g/mol. The van der Waals surface area contributed by atoms with Gasteiger partial charge in [-0.3, -0.25) is 4.79 Å². The van der Waals surface area contributed by atoms with Crippen molar-refractivity contribution in [2.75, 3.05) is 16.6 Å². The Morgan fingerprint density at radius 1 is 1.19 bits per heavy atom. The van der Waals surface area contributed by atoms with E-state index in [4.69, 9.17) is 0 Å². The Balaban J connectivity index is 1.51. The SMILES string of the molecule is Cc1cc(N2C(=O)C(C)CS2(=O)=O)ccc1S(=O)(=O)NCCc1c[nH]c2ccccc12. The van der Waals surface area contributed by atoms with Crippen LogP contribution in [0, 0.1) is 12.8 Å². The first-order chi connectivity index (χ1) is 14.6. The molecule has 1 aromatic heterocycles. The van der Waals surface area contributed by atoms with Crippen LogP contribution in [0.2, 0.25) is 0 Å². The van der Waals surface area contributed by atoms with E-state index < -0.39 is 31.9 Å². The highest BCUT2D eigenvalue weighted by molar-refractivity contribution is 7.94. The first-order valence-electron chi connectivity index (χ1n) is 9.82. The van der Waals surface area contributed by atoms with Crippen LogP contribution < -0.4 is 9.03 Å². The van der Waals surface area contributed by atoms with Crippen LogP contribution >= 0.6 is 0 Å². The molecule has 0 spiro atoms. The Hall–Kier alpha value is -2.69. The van der Waals surface area contributed by atoms with Crippen LogP contribution in [0.15, 0.2) is 53.6 Å². The second-order valence-electron chi connectivity index (χ2n) is 7.74. The fraction of sp³-hybridized carbons (Fsp3) is 0.286. The molecule has 4 rings (SSSR count). The number of hydrogen-bond donors (Lipinski definition) is 2. The Morgan fingerprint density at radius 2 is 1.94 bits per heavy atom. The normalized spacial score (nSPS) is 18.7. The summed E-state index contributed by atoms with van der Waals surface area (Å²) < 4.78 is 53.6. The molecule has 1 fully saturated rings. The molecule has 2 aromatic carbocycles. The monoisotopic (exact) mass is 461 g/mol. The van der Waals surface area contributed by atoms with Crippen LogP contribution in [0.3, 0.4) is 0 Å². The zero-order valence-electron chi connectivity index (χ0n) is 17.1. The first kappa shape index (κ1) is 21.5. The lowest BCUT2D eigenvalue weighted by atomic mass is 10.1. The van der Waals surface area contributed by atoms with Crippen molar-refractivity contribution in [1.82, 2.24) is 9.71 Å². The Labute approximate surface area is 181 Å². The maximum Gasteiger partial charge on any atom is 0.244 e. The van der Waals surface area contributed by atoms with Crippen LogP contribution in [0.4, 0.5) is 5.69 Å². The molecule has 1 saturated heterocycles. The van der Waals surface area contributed by atoms with Crippen LogP contribution in [0.25, 0.3) is 10.9 Å². The summed E-state index contributed by atoms with van der Waals surface area (Å²) in [6, 6.07) is 11.9. The maximum atomic E-state index is 12.8. The lowest BCUT2D eigenvalue weighted by molar-refractivity contribution is -0.119. The predicted molar refractivity (Wildman–Crippen MR) is 119 cm³/mol. The summed E-state index contributed by atoms with van der Waals surface area (Å²) in [4.78, 5) is 15.5. The lowest BCUT2D eigenvalue weighted by Gasteiger charge is -2.17. The summed E-state index contributed by atoms with van der Waals surface area (Å²) in [5, 5.41) is 1.05. The fourth-order valence-electron chi connectivity index (χ4n) is 3.88. The van der Waals surface area contributed by atoms with Gasteiger partial charge in [0.15, 0.2) is 0 Å². The molecule has 1 atom stereocenters. The van der Waals surface area contributed by atoms with Crippen LogP contribution in [0.5, 0.6) is 0 Å². The van der Waals surface area contributed by atoms with Crippen molar-refractivity contribution in [2.24, 2.45) is 5.92 Å². The van der Waals surface area contributed by atoms with Gasteiger partial charge in [-0.2, -0.15) is 0 Å². The third kappa shape index (κ3) is 3.98. The Morgan fingerprint density at radius 3 is 2.61 bits per heavy atom. The van der Waals surface area contributed by atoms with E-state index in [1.54, 1.807) is 13.8 Å². The van der Waals surface area contributed by atoms with Crippen LogP contribution in [-0.2, 0) is 31.3 Å². The Bertz CT molecular complexity index is 1380. The summed E-state index contributed by atoms with van der Waals surface area (Å²) in [6.45, 7) is 3.35. The topological polar surface area (TPSA) is 116 Å². The predicted octanol–water partition coefficient (Wildman–Crippen LogP) is 2.31. The van der Waals surface area contributed by atoms with E-state index in [1.807, 2.05) is 30.5 Å². The number of amides is 1. The standard InChI is InChI=1S/C21H23N3O5S2/c1-14-11-17(24-21(25)15(2)13-30(24,26)27)7-8-20(14)31(28,29)23-10-9-16-12-22-19-6-4-3-5-18(16)19/h3-8,11-12,15,22-23H,9-10,13H2,1-2H3. The van der Waals surface area contributed by atoms with E-state index in [9.17, 15) is 21.6 Å². The number of aromatic nitrogens is 1. The number of sulfonamides is 2. The molecule has 1 amide bonds. The lowest BCUT2D eigenvalue weighted by Crippen LogP contribution is -2.30. The molecule has 3 aromatic rings. The second-order valence-corrected chi connectivity index (χ2v) is 11.3. The maximum absolute atomic E-state index is 12.8. The summed E-state index contributed by atoms with van der Waals surface area (Å²) in [7, 11) is -7.55. The van der Waals surface area contributed by atoms with Crippen LogP contribution in [-0.4, -0.2) is 40.0 Å². The van der Waals surface area contributed by atoms with E-state index in [0.29, 0.717) is 12.0 Å². The zero-order chi connectivity index (χ0) is 22.4. The van der Waals surface area contributed by atoms with Crippen molar-refractivity contribution in [1.29, 1.82) is 0 Å². The fourth-order valence-corrected chi connectivity index (χ4v) is 6.95. The largest absolute Gasteiger partial charge is 0.361 e. The van der Waals surface area contributed by atoms with Crippen molar-refractivity contribution >= 4 is 42.5 Å².